The fraction of sp³-hybridized carbons (Fsp3) is 0.462. The van der Waals surface area contributed by atoms with E-state index in [1.807, 2.05) is 6.92 Å². The summed E-state index contributed by atoms with van der Waals surface area (Å²) in [5.74, 6) is 0. The van der Waals surface area contributed by atoms with E-state index < -0.39 is 0 Å². The Bertz CT molecular complexity index is 419. The second kappa shape index (κ2) is 6.07. The SMILES string of the molecule is C[C@@H](NC(=O)Nc1cccc(Cl)c1)[C@@H]1CCCO1. The second-order valence-corrected chi connectivity index (χ2v) is 4.89. The van der Waals surface area contributed by atoms with Crippen molar-refractivity contribution < 1.29 is 9.53 Å². The van der Waals surface area contributed by atoms with Crippen LogP contribution in [0.3, 0.4) is 0 Å². The number of urea groups is 1. The Hall–Kier alpha value is -1.26. The van der Waals surface area contributed by atoms with Crippen LogP contribution in [0.15, 0.2) is 24.3 Å². The Morgan fingerprint density at radius 1 is 1.56 bits per heavy atom. The highest BCUT2D eigenvalue weighted by molar-refractivity contribution is 6.30. The van der Waals surface area contributed by atoms with Crippen LogP contribution in [-0.4, -0.2) is 24.8 Å². The fourth-order valence-electron chi connectivity index (χ4n) is 2.03. The van der Waals surface area contributed by atoms with Crippen molar-refractivity contribution in [1.29, 1.82) is 0 Å². The molecule has 1 aliphatic rings. The maximum atomic E-state index is 11.8. The van der Waals surface area contributed by atoms with Crippen LogP contribution < -0.4 is 10.6 Å². The van der Waals surface area contributed by atoms with Gasteiger partial charge in [0, 0.05) is 17.3 Å². The van der Waals surface area contributed by atoms with E-state index in [4.69, 9.17) is 16.3 Å². The predicted molar refractivity (Wildman–Crippen MR) is 72.0 cm³/mol. The van der Waals surface area contributed by atoms with Crippen molar-refractivity contribution in [2.75, 3.05) is 11.9 Å². The highest BCUT2D eigenvalue weighted by Crippen LogP contribution is 2.16. The number of hydrogen-bond donors (Lipinski definition) is 2. The van der Waals surface area contributed by atoms with Crippen molar-refractivity contribution in [2.24, 2.45) is 0 Å². The molecule has 1 saturated heterocycles. The van der Waals surface area contributed by atoms with Crippen LogP contribution in [0.1, 0.15) is 19.8 Å². The van der Waals surface area contributed by atoms with Gasteiger partial charge in [0.15, 0.2) is 0 Å². The Labute approximate surface area is 112 Å². The second-order valence-electron chi connectivity index (χ2n) is 4.45. The summed E-state index contributed by atoms with van der Waals surface area (Å²) in [5, 5.41) is 6.22. The van der Waals surface area contributed by atoms with Crippen molar-refractivity contribution in [1.82, 2.24) is 5.32 Å². The molecule has 1 aromatic rings. The first kappa shape index (κ1) is 13.2. The molecule has 0 aromatic heterocycles. The smallest absolute Gasteiger partial charge is 0.319 e. The highest BCUT2D eigenvalue weighted by atomic mass is 35.5. The molecular formula is C13H17ClN2O2. The van der Waals surface area contributed by atoms with Gasteiger partial charge < -0.3 is 15.4 Å². The molecule has 2 atom stereocenters. The molecule has 98 valence electrons. The van der Waals surface area contributed by atoms with Crippen molar-refractivity contribution in [3.05, 3.63) is 29.3 Å². The molecule has 4 nitrogen and oxygen atoms in total. The molecule has 0 spiro atoms. The van der Waals surface area contributed by atoms with Gasteiger partial charge in [-0.25, -0.2) is 4.79 Å². The van der Waals surface area contributed by atoms with Gasteiger partial charge in [0.25, 0.3) is 0 Å². The molecule has 0 aliphatic carbocycles. The van der Waals surface area contributed by atoms with Crippen LogP contribution in [0.2, 0.25) is 5.02 Å². The summed E-state index contributed by atoms with van der Waals surface area (Å²) in [4.78, 5) is 11.8. The summed E-state index contributed by atoms with van der Waals surface area (Å²) in [6, 6.07) is 6.83. The Morgan fingerprint density at radius 2 is 2.39 bits per heavy atom. The summed E-state index contributed by atoms with van der Waals surface area (Å²) >= 11 is 5.85. The van der Waals surface area contributed by atoms with Gasteiger partial charge in [-0.05, 0) is 38.0 Å². The number of rotatable bonds is 3. The van der Waals surface area contributed by atoms with Crippen molar-refractivity contribution in [3.8, 4) is 0 Å². The lowest BCUT2D eigenvalue weighted by molar-refractivity contribution is 0.0868. The number of carbonyl (C=O) groups excluding carboxylic acids is 1. The molecule has 2 amide bonds. The first-order chi connectivity index (χ1) is 8.65. The van der Waals surface area contributed by atoms with Crippen LogP contribution in [-0.2, 0) is 4.74 Å². The van der Waals surface area contributed by atoms with Crippen molar-refractivity contribution in [2.45, 2.75) is 31.9 Å². The summed E-state index contributed by atoms with van der Waals surface area (Å²) in [6.45, 7) is 2.74. The van der Waals surface area contributed by atoms with Crippen LogP contribution in [0.4, 0.5) is 10.5 Å². The molecule has 18 heavy (non-hydrogen) atoms. The maximum absolute atomic E-state index is 11.8. The molecule has 2 N–H and O–H groups in total. The minimum atomic E-state index is -0.236. The molecule has 2 rings (SSSR count). The Balaban J connectivity index is 1.84. The van der Waals surface area contributed by atoms with E-state index in [0.717, 1.165) is 19.4 Å². The zero-order chi connectivity index (χ0) is 13.0. The molecule has 0 radical (unpaired) electrons. The summed E-state index contributed by atoms with van der Waals surface area (Å²) in [5.41, 5.74) is 0.680. The minimum absolute atomic E-state index is 0.00619. The summed E-state index contributed by atoms with van der Waals surface area (Å²) in [7, 11) is 0. The molecule has 1 aromatic carbocycles. The maximum Gasteiger partial charge on any atom is 0.319 e. The fourth-order valence-corrected chi connectivity index (χ4v) is 2.22. The lowest BCUT2D eigenvalue weighted by Gasteiger charge is -2.20. The van der Waals surface area contributed by atoms with E-state index in [0.29, 0.717) is 10.7 Å². The third-order valence-electron chi connectivity index (χ3n) is 2.96. The van der Waals surface area contributed by atoms with Crippen LogP contribution >= 0.6 is 11.6 Å². The van der Waals surface area contributed by atoms with Gasteiger partial charge >= 0.3 is 6.03 Å². The van der Waals surface area contributed by atoms with Crippen LogP contribution in [0.5, 0.6) is 0 Å². The van der Waals surface area contributed by atoms with E-state index in [-0.39, 0.29) is 18.2 Å². The molecule has 0 unspecified atom stereocenters. The molecule has 1 aliphatic heterocycles. The van der Waals surface area contributed by atoms with E-state index in [1.165, 1.54) is 0 Å². The first-order valence-electron chi connectivity index (χ1n) is 6.10. The number of nitrogens with one attached hydrogen (secondary N) is 2. The van der Waals surface area contributed by atoms with E-state index in [1.54, 1.807) is 24.3 Å². The third-order valence-corrected chi connectivity index (χ3v) is 3.20. The van der Waals surface area contributed by atoms with Gasteiger partial charge in [0.2, 0.25) is 0 Å². The quantitative estimate of drug-likeness (QED) is 0.885. The van der Waals surface area contributed by atoms with Crippen molar-refractivity contribution >= 4 is 23.3 Å². The van der Waals surface area contributed by atoms with Crippen molar-refractivity contribution in [3.63, 3.8) is 0 Å². The number of hydrogen-bond acceptors (Lipinski definition) is 2. The highest BCUT2D eigenvalue weighted by Gasteiger charge is 2.23. The van der Waals surface area contributed by atoms with E-state index in [9.17, 15) is 4.79 Å². The largest absolute Gasteiger partial charge is 0.376 e. The van der Waals surface area contributed by atoms with Crippen LogP contribution in [0.25, 0.3) is 0 Å². The molecule has 0 bridgehead atoms. The molecule has 1 fully saturated rings. The van der Waals surface area contributed by atoms with Gasteiger partial charge in [0.05, 0.1) is 12.1 Å². The minimum Gasteiger partial charge on any atom is -0.376 e. The Morgan fingerprint density at radius 3 is 3.06 bits per heavy atom. The topological polar surface area (TPSA) is 50.4 Å². The zero-order valence-corrected chi connectivity index (χ0v) is 11.0. The predicted octanol–water partition coefficient (Wildman–Crippen LogP) is 3.03. The third kappa shape index (κ3) is 3.62. The molecule has 5 heteroatoms. The lowest BCUT2D eigenvalue weighted by Crippen LogP contribution is -2.42. The van der Waals surface area contributed by atoms with Gasteiger partial charge in [-0.2, -0.15) is 0 Å². The molecule has 1 heterocycles. The number of halogens is 1. The molecule has 0 saturated carbocycles. The number of amides is 2. The molecular weight excluding hydrogens is 252 g/mol. The lowest BCUT2D eigenvalue weighted by atomic mass is 10.1. The normalized spacial score (nSPS) is 20.4. The summed E-state index contributed by atoms with van der Waals surface area (Å²) < 4.78 is 5.52. The number of carbonyl (C=O) groups is 1. The van der Waals surface area contributed by atoms with Crippen LogP contribution in [0, 0.1) is 0 Å². The van der Waals surface area contributed by atoms with Gasteiger partial charge in [-0.3, -0.25) is 0 Å². The zero-order valence-electron chi connectivity index (χ0n) is 10.3. The Kier molecular flexibility index (Phi) is 4.44. The summed E-state index contributed by atoms with van der Waals surface area (Å²) in [6.07, 6.45) is 2.18. The monoisotopic (exact) mass is 268 g/mol. The number of anilines is 1. The van der Waals surface area contributed by atoms with Gasteiger partial charge in [0.1, 0.15) is 0 Å². The average Bonchev–Trinajstić information content (AvgIpc) is 2.81. The van der Waals surface area contributed by atoms with E-state index in [2.05, 4.69) is 10.6 Å². The average molecular weight is 269 g/mol. The van der Waals surface area contributed by atoms with Gasteiger partial charge in [-0.15, -0.1) is 0 Å². The van der Waals surface area contributed by atoms with Gasteiger partial charge in [-0.1, -0.05) is 17.7 Å². The number of ether oxygens (including phenoxy) is 1. The first-order valence-corrected chi connectivity index (χ1v) is 6.47. The van der Waals surface area contributed by atoms with E-state index >= 15 is 0 Å². The standard InChI is InChI=1S/C13H17ClN2O2/c1-9(12-6-3-7-18-12)15-13(17)16-11-5-2-4-10(14)8-11/h2,4-5,8-9,12H,3,6-7H2,1H3,(H2,15,16,17)/t9-,12+/m1/s1. The number of benzene rings is 1.